The Morgan fingerprint density at radius 1 is 1.15 bits per heavy atom. The Hall–Kier alpha value is -3.07. The summed E-state index contributed by atoms with van der Waals surface area (Å²) in [6, 6.07) is 8.40. The number of amides is 2. The average Bonchev–Trinajstić information content (AvgIpc) is 3.11. The fourth-order valence-corrected chi connectivity index (χ4v) is 2.36. The first-order valence-electron chi connectivity index (χ1n) is 7.21. The molecule has 1 aromatic carbocycles. The van der Waals surface area contributed by atoms with Crippen LogP contribution in [0.5, 0.6) is 5.75 Å². The van der Waals surface area contributed by atoms with Gasteiger partial charge in [-0.2, -0.15) is 8.78 Å². The summed E-state index contributed by atoms with van der Waals surface area (Å²) < 4.78 is 33.0. The van der Waals surface area contributed by atoms with Crippen molar-refractivity contribution in [2.75, 3.05) is 6.61 Å². The molecule has 2 amide bonds. The molecule has 9 heteroatoms. The summed E-state index contributed by atoms with van der Waals surface area (Å²) in [5.41, 5.74) is 0.0592. The number of nitrogens with one attached hydrogen (secondary N) is 1. The molecule has 1 N–H and O–H groups in total. The van der Waals surface area contributed by atoms with Crippen LogP contribution in [0.1, 0.15) is 15.2 Å². The number of benzene rings is 1. The molecule has 0 aliphatic heterocycles. The van der Waals surface area contributed by atoms with E-state index in [0.717, 1.165) is 4.88 Å². The second kappa shape index (κ2) is 9.42. The minimum Gasteiger partial charge on any atom is -0.452 e. The van der Waals surface area contributed by atoms with Gasteiger partial charge in [0.1, 0.15) is 5.75 Å². The molecule has 0 unspecified atom stereocenters. The van der Waals surface area contributed by atoms with Crippen LogP contribution in [0.4, 0.5) is 8.78 Å². The zero-order valence-electron chi connectivity index (χ0n) is 13.2. The predicted octanol–water partition coefficient (Wildman–Crippen LogP) is 2.86. The third kappa shape index (κ3) is 6.44. The zero-order valence-corrected chi connectivity index (χ0v) is 14.0. The molecule has 6 nitrogen and oxygen atoms in total. The highest BCUT2D eigenvalue weighted by Crippen LogP contribution is 2.14. The molecular weight excluding hydrogens is 368 g/mol. The quantitative estimate of drug-likeness (QED) is 0.589. The second-order valence-electron chi connectivity index (χ2n) is 4.74. The number of thiophene rings is 1. The molecule has 0 radical (unpaired) electrons. The van der Waals surface area contributed by atoms with Gasteiger partial charge in [-0.15, -0.1) is 11.3 Å². The van der Waals surface area contributed by atoms with E-state index in [0.29, 0.717) is 0 Å². The van der Waals surface area contributed by atoms with Gasteiger partial charge in [0.2, 0.25) is 0 Å². The summed E-state index contributed by atoms with van der Waals surface area (Å²) in [7, 11) is 0. The molecule has 0 atom stereocenters. The third-order valence-electron chi connectivity index (χ3n) is 2.87. The lowest BCUT2D eigenvalue weighted by Crippen LogP contribution is -2.34. The Morgan fingerprint density at radius 2 is 1.88 bits per heavy atom. The topological polar surface area (TPSA) is 81.7 Å². The van der Waals surface area contributed by atoms with Crippen molar-refractivity contribution in [2.24, 2.45) is 0 Å². The van der Waals surface area contributed by atoms with Crippen molar-refractivity contribution < 1.29 is 32.6 Å². The number of rotatable bonds is 7. The normalized spacial score (nSPS) is 10.7. The first-order valence-corrected chi connectivity index (χ1v) is 8.09. The number of imide groups is 1. The van der Waals surface area contributed by atoms with Crippen molar-refractivity contribution in [3.05, 3.63) is 58.3 Å². The number of ether oxygens (including phenoxy) is 2. The smallest absolute Gasteiger partial charge is 0.387 e. The number of alkyl halides is 2. The van der Waals surface area contributed by atoms with Crippen LogP contribution in [-0.4, -0.2) is 31.0 Å². The van der Waals surface area contributed by atoms with Gasteiger partial charge in [-0.1, -0.05) is 6.07 Å². The summed E-state index contributed by atoms with van der Waals surface area (Å²) in [6.07, 6.45) is 2.71. The number of hydrogen-bond donors (Lipinski definition) is 1. The molecule has 26 heavy (non-hydrogen) atoms. The fourth-order valence-electron chi connectivity index (χ4n) is 1.74. The molecule has 2 rings (SSSR count). The Balaban J connectivity index is 1.77. The summed E-state index contributed by atoms with van der Waals surface area (Å²) in [5.74, 6) is -2.42. The van der Waals surface area contributed by atoms with Gasteiger partial charge in [0, 0.05) is 16.5 Å². The van der Waals surface area contributed by atoms with Crippen molar-refractivity contribution in [1.82, 2.24) is 5.32 Å². The SMILES string of the molecule is O=C(COC(=O)C=Cc1cccs1)NC(=O)c1ccc(OC(F)F)cc1. The first kappa shape index (κ1) is 19.3. The van der Waals surface area contributed by atoms with Gasteiger partial charge in [0.15, 0.2) is 6.61 Å². The fraction of sp³-hybridized carbons (Fsp3) is 0.118. The molecule has 0 saturated heterocycles. The van der Waals surface area contributed by atoms with Gasteiger partial charge in [-0.3, -0.25) is 14.9 Å². The van der Waals surface area contributed by atoms with E-state index >= 15 is 0 Å². The van der Waals surface area contributed by atoms with Gasteiger partial charge < -0.3 is 9.47 Å². The maximum atomic E-state index is 12.0. The molecule has 1 heterocycles. The molecule has 0 aliphatic rings. The molecule has 0 fully saturated rings. The van der Waals surface area contributed by atoms with E-state index in [1.54, 1.807) is 12.1 Å². The molecule has 2 aromatic rings. The molecular formula is C17H13F2NO5S. The number of carbonyl (C=O) groups is 3. The molecule has 0 spiro atoms. The van der Waals surface area contributed by atoms with E-state index in [1.165, 1.54) is 41.7 Å². The van der Waals surface area contributed by atoms with Crippen LogP contribution in [0.15, 0.2) is 47.9 Å². The standard InChI is InChI=1S/C17H13F2NO5S/c18-17(19)25-12-5-3-11(4-6-12)16(23)20-14(21)10-24-15(22)8-7-13-2-1-9-26-13/h1-9,17H,10H2,(H,20,21,23). The van der Waals surface area contributed by atoms with Crippen molar-refractivity contribution in [1.29, 1.82) is 0 Å². The number of halogens is 2. The van der Waals surface area contributed by atoms with Crippen molar-refractivity contribution >= 4 is 35.2 Å². The maximum Gasteiger partial charge on any atom is 0.387 e. The van der Waals surface area contributed by atoms with Gasteiger partial charge in [0.25, 0.3) is 11.8 Å². The van der Waals surface area contributed by atoms with Gasteiger partial charge in [-0.25, -0.2) is 4.79 Å². The number of esters is 1. The summed E-state index contributed by atoms with van der Waals surface area (Å²) in [4.78, 5) is 35.8. The number of hydrogen-bond acceptors (Lipinski definition) is 6. The monoisotopic (exact) mass is 381 g/mol. The van der Waals surface area contributed by atoms with Crippen LogP contribution < -0.4 is 10.1 Å². The van der Waals surface area contributed by atoms with Gasteiger partial charge in [0.05, 0.1) is 0 Å². The van der Waals surface area contributed by atoms with Gasteiger partial charge >= 0.3 is 12.6 Å². The summed E-state index contributed by atoms with van der Waals surface area (Å²) >= 11 is 1.43. The van der Waals surface area contributed by atoms with Crippen LogP contribution in [0.3, 0.4) is 0 Å². The van der Waals surface area contributed by atoms with E-state index in [9.17, 15) is 23.2 Å². The largest absolute Gasteiger partial charge is 0.452 e. The van der Waals surface area contributed by atoms with Crippen molar-refractivity contribution in [2.45, 2.75) is 6.61 Å². The molecule has 1 aromatic heterocycles. The summed E-state index contributed by atoms with van der Waals surface area (Å²) in [6.45, 7) is -3.61. The predicted molar refractivity (Wildman–Crippen MR) is 89.9 cm³/mol. The lowest BCUT2D eigenvalue weighted by atomic mass is 10.2. The molecule has 0 saturated carbocycles. The Morgan fingerprint density at radius 3 is 2.50 bits per heavy atom. The Kier molecular flexibility index (Phi) is 6.98. The van der Waals surface area contributed by atoms with E-state index in [-0.39, 0.29) is 11.3 Å². The van der Waals surface area contributed by atoms with Crippen molar-refractivity contribution in [3.63, 3.8) is 0 Å². The van der Waals surface area contributed by atoms with Crippen LogP contribution >= 0.6 is 11.3 Å². The van der Waals surface area contributed by atoms with E-state index in [4.69, 9.17) is 4.74 Å². The van der Waals surface area contributed by atoms with Crippen LogP contribution in [0.2, 0.25) is 0 Å². The van der Waals surface area contributed by atoms with Crippen LogP contribution in [0, 0.1) is 0 Å². The average molecular weight is 381 g/mol. The van der Waals surface area contributed by atoms with Crippen LogP contribution in [-0.2, 0) is 14.3 Å². The maximum absolute atomic E-state index is 12.0. The Labute approximate surface area is 151 Å². The Bertz CT molecular complexity index is 788. The lowest BCUT2D eigenvalue weighted by molar-refractivity contribution is -0.143. The zero-order chi connectivity index (χ0) is 18.9. The van der Waals surface area contributed by atoms with E-state index in [1.807, 2.05) is 16.8 Å². The molecule has 136 valence electrons. The lowest BCUT2D eigenvalue weighted by Gasteiger charge is -2.06. The van der Waals surface area contributed by atoms with Crippen LogP contribution in [0.25, 0.3) is 6.08 Å². The second-order valence-corrected chi connectivity index (χ2v) is 5.72. The minimum atomic E-state index is -2.97. The highest BCUT2D eigenvalue weighted by Gasteiger charge is 2.12. The summed E-state index contributed by atoms with van der Waals surface area (Å²) in [5, 5.41) is 3.86. The molecule has 0 bridgehead atoms. The first-order chi connectivity index (χ1) is 12.4. The highest BCUT2D eigenvalue weighted by atomic mass is 32.1. The van der Waals surface area contributed by atoms with Gasteiger partial charge in [-0.05, 0) is 41.8 Å². The third-order valence-corrected chi connectivity index (χ3v) is 3.70. The van der Waals surface area contributed by atoms with Crippen molar-refractivity contribution in [3.8, 4) is 5.75 Å². The number of carbonyl (C=O) groups excluding carboxylic acids is 3. The molecule has 0 aliphatic carbocycles. The minimum absolute atomic E-state index is 0.0592. The highest BCUT2D eigenvalue weighted by molar-refractivity contribution is 7.10. The van der Waals surface area contributed by atoms with E-state index < -0.39 is 31.0 Å². The van der Waals surface area contributed by atoms with E-state index in [2.05, 4.69) is 4.74 Å².